The number of carboxylic acids is 1. The zero-order valence-corrected chi connectivity index (χ0v) is 18.4. The summed E-state index contributed by atoms with van der Waals surface area (Å²) in [6, 6.07) is 10.5. The molecule has 6 nitrogen and oxygen atoms in total. The first kappa shape index (κ1) is 21.4. The number of hydrogen-bond donors (Lipinski definition) is 1. The number of carboxylic acid groups (broad SMARTS) is 1. The number of benzene rings is 1. The lowest BCUT2D eigenvalue weighted by Crippen LogP contribution is -2.31. The molecule has 1 aliphatic heterocycles. The van der Waals surface area contributed by atoms with Crippen molar-refractivity contribution < 1.29 is 19.1 Å². The Labute approximate surface area is 186 Å². The van der Waals surface area contributed by atoms with Gasteiger partial charge < -0.3 is 9.52 Å². The Morgan fingerprint density at radius 1 is 1.19 bits per heavy atom. The van der Waals surface area contributed by atoms with Crippen LogP contribution >= 0.6 is 11.8 Å². The van der Waals surface area contributed by atoms with Crippen LogP contribution < -0.4 is 0 Å². The van der Waals surface area contributed by atoms with Gasteiger partial charge in [-0.3, -0.25) is 14.7 Å². The van der Waals surface area contributed by atoms with Crippen LogP contribution in [-0.2, 0) is 4.79 Å². The van der Waals surface area contributed by atoms with Gasteiger partial charge in [0.1, 0.15) is 11.5 Å². The summed E-state index contributed by atoms with van der Waals surface area (Å²) in [6.07, 6.45) is 8.53. The highest BCUT2D eigenvalue weighted by Gasteiger charge is 2.33. The second-order valence-corrected chi connectivity index (χ2v) is 8.86. The van der Waals surface area contributed by atoms with Crippen molar-refractivity contribution in [3.05, 3.63) is 52.6 Å². The molecule has 162 valence electrons. The summed E-state index contributed by atoms with van der Waals surface area (Å²) in [5.41, 5.74) is 1.01. The fourth-order valence-corrected chi connectivity index (χ4v) is 4.94. The number of nitrogens with zero attached hydrogens (tertiary/aromatic N) is 2. The first-order chi connectivity index (χ1) is 15.0. The molecular formula is C24H26N2O4S. The molecule has 2 fully saturated rings. The van der Waals surface area contributed by atoms with Crippen LogP contribution in [0.25, 0.3) is 17.4 Å². The van der Waals surface area contributed by atoms with E-state index in [1.54, 1.807) is 35.2 Å². The number of amides is 1. The maximum absolute atomic E-state index is 13.0. The van der Waals surface area contributed by atoms with Gasteiger partial charge in [-0.2, -0.15) is 0 Å². The van der Waals surface area contributed by atoms with E-state index < -0.39 is 5.97 Å². The second kappa shape index (κ2) is 9.56. The van der Waals surface area contributed by atoms with Gasteiger partial charge >= 0.3 is 5.97 Å². The lowest BCUT2D eigenvalue weighted by atomic mass is 9.96. The largest absolute Gasteiger partial charge is 0.478 e. The molecular weight excluding hydrogens is 412 g/mol. The summed E-state index contributed by atoms with van der Waals surface area (Å²) < 4.78 is 5.91. The lowest BCUT2D eigenvalue weighted by Gasteiger charge is -2.20. The van der Waals surface area contributed by atoms with E-state index in [0.717, 1.165) is 30.0 Å². The highest BCUT2D eigenvalue weighted by atomic mass is 32.2. The summed E-state index contributed by atoms with van der Waals surface area (Å²) in [4.78, 5) is 31.3. The van der Waals surface area contributed by atoms with Gasteiger partial charge in [-0.05, 0) is 55.3 Å². The Bertz CT molecular complexity index is 1020. The molecule has 2 aromatic rings. The first-order valence-electron chi connectivity index (χ1n) is 10.8. The number of aliphatic imine (C=N–C) groups is 1. The molecule has 1 saturated carbocycles. The van der Waals surface area contributed by atoms with Crippen molar-refractivity contribution >= 4 is 34.9 Å². The molecule has 1 aromatic carbocycles. The van der Waals surface area contributed by atoms with Crippen LogP contribution in [0, 0.1) is 0 Å². The number of rotatable bonds is 6. The minimum absolute atomic E-state index is 0.0230. The third-order valence-corrected chi connectivity index (χ3v) is 6.54. The average Bonchev–Trinajstić information content (AvgIpc) is 3.35. The zero-order valence-electron chi connectivity index (χ0n) is 17.5. The molecule has 0 spiro atoms. The van der Waals surface area contributed by atoms with Gasteiger partial charge in [-0.1, -0.05) is 38.3 Å². The highest BCUT2D eigenvalue weighted by molar-refractivity contribution is 8.18. The quantitative estimate of drug-likeness (QED) is 0.589. The number of hydrogen-bond acceptors (Lipinski definition) is 5. The minimum Gasteiger partial charge on any atom is -0.478 e. The van der Waals surface area contributed by atoms with E-state index in [4.69, 9.17) is 14.5 Å². The van der Waals surface area contributed by atoms with Crippen LogP contribution in [0.15, 0.2) is 50.7 Å². The molecule has 4 rings (SSSR count). The van der Waals surface area contributed by atoms with Crippen LogP contribution in [0.1, 0.15) is 61.6 Å². The van der Waals surface area contributed by atoms with Crippen molar-refractivity contribution in [2.45, 2.75) is 51.5 Å². The fraction of sp³-hybridized carbons (Fsp3) is 0.375. The maximum Gasteiger partial charge on any atom is 0.335 e. The summed E-state index contributed by atoms with van der Waals surface area (Å²) in [6.45, 7) is 2.72. The Balaban J connectivity index is 1.54. The SMILES string of the molecule is CCCN1C(=O)/C(=C/c2ccc(-c3ccc(C(=O)O)cc3)o2)SC1=NC1CCCCC1. The van der Waals surface area contributed by atoms with Crippen molar-refractivity contribution in [2.75, 3.05) is 6.54 Å². The van der Waals surface area contributed by atoms with Crippen molar-refractivity contribution in [2.24, 2.45) is 4.99 Å². The van der Waals surface area contributed by atoms with Crippen molar-refractivity contribution in [3.8, 4) is 11.3 Å². The van der Waals surface area contributed by atoms with Gasteiger partial charge in [0, 0.05) is 18.2 Å². The predicted octanol–water partition coefficient (Wildman–Crippen LogP) is 5.66. The van der Waals surface area contributed by atoms with E-state index >= 15 is 0 Å². The first-order valence-corrected chi connectivity index (χ1v) is 11.6. The Morgan fingerprint density at radius 2 is 1.94 bits per heavy atom. The second-order valence-electron chi connectivity index (χ2n) is 7.86. The van der Waals surface area contributed by atoms with Gasteiger partial charge in [0.2, 0.25) is 0 Å². The molecule has 0 unspecified atom stereocenters. The standard InChI is InChI=1S/C24H26N2O4S/c1-2-14-26-22(27)21(31-24(26)25-18-6-4-3-5-7-18)15-19-12-13-20(30-19)16-8-10-17(11-9-16)23(28)29/h8-13,15,18H,2-7,14H2,1H3,(H,28,29)/b21-15-,25-24?. The molecule has 1 amide bonds. The lowest BCUT2D eigenvalue weighted by molar-refractivity contribution is -0.122. The molecule has 1 aromatic heterocycles. The van der Waals surface area contributed by atoms with Crippen molar-refractivity contribution in [3.63, 3.8) is 0 Å². The van der Waals surface area contributed by atoms with Crippen molar-refractivity contribution in [1.29, 1.82) is 0 Å². The van der Waals surface area contributed by atoms with Gasteiger partial charge in [0.25, 0.3) is 5.91 Å². The molecule has 0 atom stereocenters. The molecule has 7 heteroatoms. The third kappa shape index (κ3) is 4.93. The molecule has 1 aliphatic carbocycles. The van der Waals surface area contributed by atoms with E-state index in [9.17, 15) is 9.59 Å². The normalized spacial score (nSPS) is 20.2. The number of amidine groups is 1. The molecule has 2 aliphatic rings. The molecule has 1 N–H and O–H groups in total. The molecule has 1 saturated heterocycles. The zero-order chi connectivity index (χ0) is 21.8. The Morgan fingerprint density at radius 3 is 2.61 bits per heavy atom. The Hall–Kier alpha value is -2.80. The van der Waals surface area contributed by atoms with Gasteiger partial charge in [0.05, 0.1) is 16.5 Å². The number of furan rings is 1. The summed E-state index contributed by atoms with van der Waals surface area (Å²) in [5, 5.41) is 9.85. The van der Waals surface area contributed by atoms with Crippen LogP contribution in [0.4, 0.5) is 0 Å². The minimum atomic E-state index is -0.962. The van der Waals surface area contributed by atoms with Crippen LogP contribution in [-0.4, -0.2) is 39.6 Å². The topological polar surface area (TPSA) is 83.1 Å². The van der Waals surface area contributed by atoms with Crippen LogP contribution in [0.3, 0.4) is 0 Å². The number of thioether (sulfide) groups is 1. The average molecular weight is 439 g/mol. The van der Waals surface area contributed by atoms with Crippen LogP contribution in [0.2, 0.25) is 0 Å². The monoisotopic (exact) mass is 438 g/mol. The van der Waals surface area contributed by atoms with Crippen LogP contribution in [0.5, 0.6) is 0 Å². The molecule has 0 radical (unpaired) electrons. The van der Waals surface area contributed by atoms with E-state index in [2.05, 4.69) is 6.92 Å². The molecule has 0 bridgehead atoms. The highest BCUT2D eigenvalue weighted by Crippen LogP contribution is 2.35. The maximum atomic E-state index is 13.0. The van der Waals surface area contributed by atoms with E-state index in [0.29, 0.717) is 29.0 Å². The fourth-order valence-electron chi connectivity index (χ4n) is 3.88. The molecule has 31 heavy (non-hydrogen) atoms. The van der Waals surface area contributed by atoms with Gasteiger partial charge in [-0.15, -0.1) is 0 Å². The molecule has 2 heterocycles. The van der Waals surface area contributed by atoms with Gasteiger partial charge in [-0.25, -0.2) is 4.79 Å². The van der Waals surface area contributed by atoms with Gasteiger partial charge in [0.15, 0.2) is 5.17 Å². The van der Waals surface area contributed by atoms with E-state index in [1.165, 1.54) is 31.0 Å². The summed E-state index contributed by atoms with van der Waals surface area (Å²) in [7, 11) is 0. The van der Waals surface area contributed by atoms with Crippen molar-refractivity contribution in [1.82, 2.24) is 4.90 Å². The van der Waals surface area contributed by atoms with E-state index in [-0.39, 0.29) is 11.5 Å². The smallest absolute Gasteiger partial charge is 0.335 e. The number of carbonyl (C=O) groups excluding carboxylic acids is 1. The number of carbonyl (C=O) groups is 2. The predicted molar refractivity (Wildman–Crippen MR) is 123 cm³/mol. The van der Waals surface area contributed by atoms with E-state index in [1.807, 2.05) is 12.1 Å². The summed E-state index contributed by atoms with van der Waals surface area (Å²) >= 11 is 1.43. The number of aromatic carboxylic acids is 1. The summed E-state index contributed by atoms with van der Waals surface area (Å²) in [5.74, 6) is 0.227. The third-order valence-electron chi connectivity index (χ3n) is 5.52. The Kier molecular flexibility index (Phi) is 6.61.